The topological polar surface area (TPSA) is 70.0 Å². The van der Waals surface area contributed by atoms with Crippen molar-refractivity contribution >= 4 is 33.0 Å². The monoisotopic (exact) mass is 340 g/mol. The van der Waals surface area contributed by atoms with Gasteiger partial charge in [-0.05, 0) is 49.2 Å². The lowest BCUT2D eigenvalue weighted by molar-refractivity contribution is 0.581. The normalized spacial score (nSPS) is 11.3. The fraction of sp³-hybridized carbons (Fsp3) is 0.214. The van der Waals surface area contributed by atoms with E-state index in [1.807, 2.05) is 12.1 Å². The smallest absolute Gasteiger partial charge is 0.211 e. The van der Waals surface area contributed by atoms with Crippen molar-refractivity contribution in [2.24, 2.45) is 0 Å². The Hall–Kier alpha value is -1.39. The lowest BCUT2D eigenvalue weighted by atomic mass is 10.1. The molecule has 2 aromatic rings. The fourth-order valence-corrected chi connectivity index (χ4v) is 4.01. The summed E-state index contributed by atoms with van der Waals surface area (Å²) in [5.41, 5.74) is 1.12. The highest BCUT2D eigenvalue weighted by atomic mass is 35.5. The molecule has 0 spiro atoms. The molecule has 7 heteroatoms. The van der Waals surface area contributed by atoms with Crippen molar-refractivity contribution in [2.75, 3.05) is 6.54 Å². The summed E-state index contributed by atoms with van der Waals surface area (Å²) in [6, 6.07) is 10.1. The van der Waals surface area contributed by atoms with Crippen LogP contribution in [0.4, 0.5) is 0 Å². The highest BCUT2D eigenvalue weighted by Gasteiger charge is 2.14. The third-order valence-electron chi connectivity index (χ3n) is 2.92. The second-order valence-electron chi connectivity index (χ2n) is 4.44. The zero-order chi connectivity index (χ0) is 15.5. The zero-order valence-electron chi connectivity index (χ0n) is 11.3. The minimum Gasteiger partial charge on any atom is -0.211 e. The van der Waals surface area contributed by atoms with Crippen LogP contribution in [-0.4, -0.2) is 15.0 Å². The number of sulfonamides is 1. The summed E-state index contributed by atoms with van der Waals surface area (Å²) >= 11 is 7.26. The minimum atomic E-state index is -3.56. The third-order valence-corrected chi connectivity index (χ3v) is 5.67. The van der Waals surface area contributed by atoms with Gasteiger partial charge in [0, 0.05) is 11.4 Å². The van der Waals surface area contributed by atoms with Crippen molar-refractivity contribution in [3.8, 4) is 6.07 Å². The maximum Gasteiger partial charge on any atom is 0.240 e. The number of nitrogens with one attached hydrogen (secondary N) is 1. The van der Waals surface area contributed by atoms with Crippen LogP contribution in [-0.2, 0) is 16.4 Å². The molecule has 2 rings (SSSR count). The molecule has 1 N–H and O–H groups in total. The van der Waals surface area contributed by atoms with Crippen molar-refractivity contribution < 1.29 is 8.42 Å². The number of hydrogen-bond acceptors (Lipinski definition) is 4. The Bertz CT molecular complexity index is 792. The zero-order valence-corrected chi connectivity index (χ0v) is 13.6. The maximum absolute atomic E-state index is 12.2. The Labute approximate surface area is 133 Å². The standard InChI is InChI=1S/C14H13ClN2O2S2/c1-10-8-13(4-2-11(10)9-16)21(18,19)17-7-6-12-3-5-14(15)20-12/h2-5,8,17H,6-7H2,1H3. The van der Waals surface area contributed by atoms with Gasteiger partial charge in [0.1, 0.15) is 0 Å². The molecule has 0 radical (unpaired) electrons. The molecule has 0 atom stereocenters. The SMILES string of the molecule is Cc1cc(S(=O)(=O)NCCc2ccc(Cl)s2)ccc1C#N. The van der Waals surface area contributed by atoms with Gasteiger partial charge in [-0.15, -0.1) is 11.3 Å². The highest BCUT2D eigenvalue weighted by molar-refractivity contribution is 7.89. The number of benzene rings is 1. The Balaban J connectivity index is 2.05. The first-order chi connectivity index (χ1) is 9.92. The van der Waals surface area contributed by atoms with E-state index in [2.05, 4.69) is 4.72 Å². The maximum atomic E-state index is 12.2. The van der Waals surface area contributed by atoms with Crippen molar-refractivity contribution in [1.29, 1.82) is 5.26 Å². The van der Waals surface area contributed by atoms with E-state index in [1.165, 1.54) is 29.5 Å². The average Bonchev–Trinajstić information content (AvgIpc) is 2.84. The lowest BCUT2D eigenvalue weighted by Gasteiger charge is -2.07. The summed E-state index contributed by atoms with van der Waals surface area (Å²) < 4.78 is 27.6. The number of nitriles is 1. The molecular formula is C14H13ClN2O2S2. The van der Waals surface area contributed by atoms with Gasteiger partial charge in [0.05, 0.1) is 20.9 Å². The number of thiophene rings is 1. The number of rotatable bonds is 5. The van der Waals surface area contributed by atoms with Gasteiger partial charge in [0.15, 0.2) is 0 Å². The molecule has 0 bridgehead atoms. The van der Waals surface area contributed by atoms with Crippen LogP contribution in [0.1, 0.15) is 16.0 Å². The molecule has 0 unspecified atom stereocenters. The molecule has 0 aliphatic carbocycles. The van der Waals surface area contributed by atoms with E-state index in [4.69, 9.17) is 16.9 Å². The van der Waals surface area contributed by atoms with E-state index < -0.39 is 10.0 Å². The van der Waals surface area contributed by atoms with Crippen molar-refractivity contribution in [1.82, 2.24) is 4.72 Å². The van der Waals surface area contributed by atoms with E-state index in [1.54, 1.807) is 13.0 Å². The summed E-state index contributed by atoms with van der Waals surface area (Å²) in [7, 11) is -3.56. The molecular weight excluding hydrogens is 328 g/mol. The van der Waals surface area contributed by atoms with Crippen LogP contribution in [0.3, 0.4) is 0 Å². The summed E-state index contributed by atoms with van der Waals surface area (Å²) in [4.78, 5) is 1.20. The molecule has 0 fully saturated rings. The Morgan fingerprint density at radius 3 is 2.67 bits per heavy atom. The molecule has 0 amide bonds. The van der Waals surface area contributed by atoms with Crippen LogP contribution in [0.25, 0.3) is 0 Å². The first-order valence-corrected chi connectivity index (χ1v) is 8.85. The summed E-state index contributed by atoms with van der Waals surface area (Å²) in [6.07, 6.45) is 0.589. The molecule has 1 aromatic carbocycles. The lowest BCUT2D eigenvalue weighted by Crippen LogP contribution is -2.25. The van der Waals surface area contributed by atoms with Gasteiger partial charge in [-0.1, -0.05) is 11.6 Å². The number of hydrogen-bond donors (Lipinski definition) is 1. The van der Waals surface area contributed by atoms with Gasteiger partial charge >= 0.3 is 0 Å². The molecule has 0 aliphatic rings. The molecule has 1 aromatic heterocycles. The van der Waals surface area contributed by atoms with Gasteiger partial charge in [-0.2, -0.15) is 5.26 Å². The van der Waals surface area contributed by atoms with Gasteiger partial charge in [-0.25, -0.2) is 13.1 Å². The largest absolute Gasteiger partial charge is 0.240 e. The van der Waals surface area contributed by atoms with Gasteiger partial charge in [0.25, 0.3) is 0 Å². The van der Waals surface area contributed by atoms with Crippen molar-refractivity contribution in [3.63, 3.8) is 0 Å². The minimum absolute atomic E-state index is 0.170. The first-order valence-electron chi connectivity index (χ1n) is 6.17. The van der Waals surface area contributed by atoms with Crippen LogP contribution in [0.2, 0.25) is 4.34 Å². The Morgan fingerprint density at radius 1 is 1.33 bits per heavy atom. The average molecular weight is 341 g/mol. The Morgan fingerprint density at radius 2 is 2.10 bits per heavy atom. The van der Waals surface area contributed by atoms with Crippen LogP contribution in [0.5, 0.6) is 0 Å². The molecule has 4 nitrogen and oxygen atoms in total. The Kier molecular flexibility index (Phi) is 5.01. The number of nitrogens with zero attached hydrogens (tertiary/aromatic N) is 1. The second-order valence-corrected chi connectivity index (χ2v) is 8.01. The van der Waals surface area contributed by atoms with E-state index in [-0.39, 0.29) is 4.90 Å². The molecule has 1 heterocycles. The van der Waals surface area contributed by atoms with E-state index in [0.29, 0.717) is 28.4 Å². The fourth-order valence-electron chi connectivity index (χ4n) is 1.81. The van der Waals surface area contributed by atoms with Gasteiger partial charge in [0.2, 0.25) is 10.0 Å². The van der Waals surface area contributed by atoms with Crippen LogP contribution in [0.15, 0.2) is 35.2 Å². The summed E-state index contributed by atoms with van der Waals surface area (Å²) in [5, 5.41) is 8.86. The second kappa shape index (κ2) is 6.58. The summed E-state index contributed by atoms with van der Waals surface area (Å²) in [5.74, 6) is 0. The van der Waals surface area contributed by atoms with E-state index in [9.17, 15) is 8.42 Å². The molecule has 0 saturated carbocycles. The van der Waals surface area contributed by atoms with Crippen molar-refractivity contribution in [2.45, 2.75) is 18.2 Å². The van der Waals surface area contributed by atoms with E-state index in [0.717, 1.165) is 4.88 Å². The quantitative estimate of drug-likeness (QED) is 0.909. The highest BCUT2D eigenvalue weighted by Crippen LogP contribution is 2.21. The van der Waals surface area contributed by atoms with Crippen LogP contribution < -0.4 is 4.72 Å². The predicted octanol–water partition coefficient (Wildman–Crippen LogP) is 3.10. The number of halogens is 1. The van der Waals surface area contributed by atoms with Crippen LogP contribution >= 0.6 is 22.9 Å². The van der Waals surface area contributed by atoms with Crippen molar-refractivity contribution in [3.05, 3.63) is 50.7 Å². The predicted molar refractivity (Wildman–Crippen MR) is 84.1 cm³/mol. The number of aryl methyl sites for hydroxylation is 1. The van der Waals surface area contributed by atoms with E-state index >= 15 is 0 Å². The van der Waals surface area contributed by atoms with Gasteiger partial charge in [-0.3, -0.25) is 0 Å². The third kappa shape index (κ3) is 4.05. The molecule has 110 valence electrons. The van der Waals surface area contributed by atoms with Gasteiger partial charge < -0.3 is 0 Å². The van der Waals surface area contributed by atoms with Crippen LogP contribution in [0, 0.1) is 18.3 Å². The molecule has 0 aliphatic heterocycles. The molecule has 21 heavy (non-hydrogen) atoms. The first kappa shape index (κ1) is 16.0. The summed E-state index contributed by atoms with van der Waals surface area (Å²) in [6.45, 7) is 2.02. The molecule has 0 saturated heterocycles.